The number of hydrogen-bond acceptors (Lipinski definition) is 4. The van der Waals surface area contributed by atoms with Crippen molar-refractivity contribution in [2.75, 3.05) is 7.11 Å². The van der Waals surface area contributed by atoms with Gasteiger partial charge in [-0.15, -0.1) is 0 Å². The van der Waals surface area contributed by atoms with Gasteiger partial charge in [-0.25, -0.2) is 4.98 Å². The first-order valence-corrected chi connectivity index (χ1v) is 5.77. The third kappa shape index (κ3) is 3.11. The Hall–Kier alpha value is -2.34. The summed E-state index contributed by atoms with van der Waals surface area (Å²) in [7, 11) is 1.61. The fraction of sp³-hybridized carbons (Fsp3) is 0.231. The van der Waals surface area contributed by atoms with Gasteiger partial charge in [-0.2, -0.15) is 0 Å². The molecule has 0 aliphatic heterocycles. The molecule has 1 atom stereocenters. The Morgan fingerprint density at radius 3 is 2.74 bits per heavy atom. The molecule has 0 saturated heterocycles. The van der Waals surface area contributed by atoms with E-state index in [0.717, 1.165) is 17.0 Å². The molecule has 2 rings (SSSR count). The molecule has 6 heteroatoms. The van der Waals surface area contributed by atoms with Crippen LogP contribution in [0.15, 0.2) is 30.5 Å². The van der Waals surface area contributed by atoms with Gasteiger partial charge in [-0.3, -0.25) is 4.79 Å². The third-order valence-electron chi connectivity index (χ3n) is 2.76. The van der Waals surface area contributed by atoms with Gasteiger partial charge in [-0.05, 0) is 29.8 Å². The molecule has 1 aromatic carbocycles. The molecule has 0 bridgehead atoms. The largest absolute Gasteiger partial charge is 0.497 e. The lowest BCUT2D eigenvalue weighted by molar-refractivity contribution is -0.138. The maximum absolute atomic E-state index is 10.7. The molecule has 0 saturated carbocycles. The van der Waals surface area contributed by atoms with E-state index in [-0.39, 0.29) is 6.42 Å². The van der Waals surface area contributed by atoms with Gasteiger partial charge in [0.15, 0.2) is 0 Å². The van der Waals surface area contributed by atoms with Crippen molar-refractivity contribution in [1.29, 1.82) is 0 Å². The van der Waals surface area contributed by atoms with Crippen LogP contribution in [0.25, 0.3) is 11.3 Å². The number of nitrogens with one attached hydrogen (secondary N) is 1. The monoisotopic (exact) mass is 261 g/mol. The zero-order valence-corrected chi connectivity index (χ0v) is 10.5. The number of rotatable bonds is 5. The molecule has 1 aromatic heterocycles. The number of carboxylic acids is 1. The van der Waals surface area contributed by atoms with Gasteiger partial charge < -0.3 is 20.6 Å². The molecule has 6 nitrogen and oxygen atoms in total. The minimum absolute atomic E-state index is 0.172. The molecule has 100 valence electrons. The van der Waals surface area contributed by atoms with Gasteiger partial charge in [0.2, 0.25) is 0 Å². The van der Waals surface area contributed by atoms with E-state index in [1.165, 1.54) is 0 Å². The average Bonchev–Trinajstić information content (AvgIpc) is 2.87. The Bertz CT molecular complexity index is 563. The SMILES string of the molecule is COc1ccc(-c2cnc(CC(N)C(=O)O)[nH]2)cc1. The molecule has 4 N–H and O–H groups in total. The van der Waals surface area contributed by atoms with Gasteiger partial charge in [0, 0.05) is 6.42 Å². The first kappa shape index (κ1) is 13.1. The highest BCUT2D eigenvalue weighted by Gasteiger charge is 2.14. The van der Waals surface area contributed by atoms with Gasteiger partial charge in [0.05, 0.1) is 19.0 Å². The van der Waals surface area contributed by atoms with Crippen molar-refractivity contribution in [2.45, 2.75) is 12.5 Å². The highest BCUT2D eigenvalue weighted by molar-refractivity contribution is 5.73. The number of carbonyl (C=O) groups is 1. The van der Waals surface area contributed by atoms with Gasteiger partial charge in [-0.1, -0.05) is 0 Å². The summed E-state index contributed by atoms with van der Waals surface area (Å²) >= 11 is 0. The Kier molecular flexibility index (Phi) is 3.82. The number of aliphatic carboxylic acids is 1. The molecule has 1 unspecified atom stereocenters. The van der Waals surface area contributed by atoms with Crippen LogP contribution < -0.4 is 10.5 Å². The molecule has 1 heterocycles. The number of H-pyrrole nitrogens is 1. The number of imidazole rings is 1. The lowest BCUT2D eigenvalue weighted by atomic mass is 10.1. The van der Waals surface area contributed by atoms with Gasteiger partial charge in [0.25, 0.3) is 0 Å². The van der Waals surface area contributed by atoms with Crippen molar-refractivity contribution in [2.24, 2.45) is 5.73 Å². The van der Waals surface area contributed by atoms with Crippen molar-refractivity contribution >= 4 is 5.97 Å². The summed E-state index contributed by atoms with van der Waals surface area (Å²) < 4.78 is 5.08. The molecule has 0 aliphatic carbocycles. The van der Waals surface area contributed by atoms with Crippen LogP contribution in [0.3, 0.4) is 0 Å². The second-order valence-corrected chi connectivity index (χ2v) is 4.12. The van der Waals surface area contributed by atoms with Crippen LogP contribution >= 0.6 is 0 Å². The summed E-state index contributed by atoms with van der Waals surface area (Å²) in [6.07, 6.45) is 1.83. The fourth-order valence-electron chi connectivity index (χ4n) is 1.68. The summed E-state index contributed by atoms with van der Waals surface area (Å²) in [5, 5.41) is 8.74. The molecule has 0 spiro atoms. The van der Waals surface area contributed by atoms with Crippen LogP contribution in [-0.4, -0.2) is 34.2 Å². The molecular weight excluding hydrogens is 246 g/mol. The van der Waals surface area contributed by atoms with Crippen LogP contribution in [-0.2, 0) is 11.2 Å². The zero-order valence-electron chi connectivity index (χ0n) is 10.5. The van der Waals surface area contributed by atoms with Gasteiger partial charge in [0.1, 0.15) is 17.6 Å². The van der Waals surface area contributed by atoms with E-state index in [0.29, 0.717) is 5.82 Å². The van der Waals surface area contributed by atoms with Crippen molar-refractivity contribution in [3.63, 3.8) is 0 Å². The molecule has 0 fully saturated rings. The van der Waals surface area contributed by atoms with E-state index in [1.807, 2.05) is 24.3 Å². The summed E-state index contributed by atoms with van der Waals surface area (Å²) in [5.41, 5.74) is 7.22. The van der Waals surface area contributed by atoms with E-state index in [1.54, 1.807) is 13.3 Å². The lowest BCUT2D eigenvalue weighted by Gasteiger charge is -2.03. The highest BCUT2D eigenvalue weighted by Crippen LogP contribution is 2.20. The molecular formula is C13H15N3O3. The predicted octanol–water partition coefficient (Wildman–Crippen LogP) is 1.04. The summed E-state index contributed by atoms with van der Waals surface area (Å²) in [5.74, 6) is 0.291. The second-order valence-electron chi connectivity index (χ2n) is 4.12. The van der Waals surface area contributed by atoms with Gasteiger partial charge >= 0.3 is 5.97 Å². The quantitative estimate of drug-likeness (QED) is 0.746. The Labute approximate surface area is 110 Å². The van der Waals surface area contributed by atoms with Crippen LogP contribution in [0.2, 0.25) is 0 Å². The third-order valence-corrected chi connectivity index (χ3v) is 2.76. The smallest absolute Gasteiger partial charge is 0.320 e. The normalized spacial score (nSPS) is 12.1. The maximum Gasteiger partial charge on any atom is 0.320 e. The van der Waals surface area contributed by atoms with Crippen molar-refractivity contribution in [3.05, 3.63) is 36.3 Å². The standard InChI is InChI=1S/C13H15N3O3/c1-19-9-4-2-8(3-5-9)11-7-15-12(16-11)6-10(14)13(17)18/h2-5,7,10H,6,14H2,1H3,(H,15,16)(H,17,18). The highest BCUT2D eigenvalue weighted by atomic mass is 16.5. The summed E-state index contributed by atoms with van der Waals surface area (Å²) in [6, 6.07) is 6.54. The van der Waals surface area contributed by atoms with Crippen molar-refractivity contribution in [1.82, 2.24) is 9.97 Å². The maximum atomic E-state index is 10.7. The topological polar surface area (TPSA) is 101 Å². The minimum atomic E-state index is -1.04. The number of nitrogens with zero attached hydrogens (tertiary/aromatic N) is 1. The van der Waals surface area contributed by atoms with E-state index in [4.69, 9.17) is 15.6 Å². The predicted molar refractivity (Wildman–Crippen MR) is 69.9 cm³/mol. The van der Waals surface area contributed by atoms with E-state index < -0.39 is 12.0 Å². The number of carboxylic acid groups (broad SMARTS) is 1. The second kappa shape index (κ2) is 5.53. The fourth-order valence-corrected chi connectivity index (χ4v) is 1.68. The number of hydrogen-bond donors (Lipinski definition) is 3. The molecule has 0 aliphatic rings. The van der Waals surface area contributed by atoms with E-state index >= 15 is 0 Å². The Morgan fingerprint density at radius 2 is 2.16 bits per heavy atom. The molecule has 0 radical (unpaired) electrons. The molecule has 0 amide bonds. The lowest BCUT2D eigenvalue weighted by Crippen LogP contribution is -2.32. The summed E-state index contributed by atoms with van der Waals surface area (Å²) in [6.45, 7) is 0. The van der Waals surface area contributed by atoms with Crippen LogP contribution in [0.4, 0.5) is 0 Å². The Morgan fingerprint density at radius 1 is 1.47 bits per heavy atom. The first-order chi connectivity index (χ1) is 9.10. The van der Waals surface area contributed by atoms with E-state index in [9.17, 15) is 4.79 Å². The van der Waals surface area contributed by atoms with Crippen LogP contribution in [0.5, 0.6) is 5.75 Å². The number of aromatic nitrogens is 2. The summed E-state index contributed by atoms with van der Waals surface area (Å²) in [4.78, 5) is 17.9. The molecule has 2 aromatic rings. The van der Waals surface area contributed by atoms with Crippen LogP contribution in [0.1, 0.15) is 5.82 Å². The zero-order chi connectivity index (χ0) is 13.8. The van der Waals surface area contributed by atoms with E-state index in [2.05, 4.69) is 9.97 Å². The van der Waals surface area contributed by atoms with Crippen LogP contribution in [0, 0.1) is 0 Å². The number of nitrogens with two attached hydrogens (primary N) is 1. The van der Waals surface area contributed by atoms with Crippen molar-refractivity contribution in [3.8, 4) is 17.0 Å². The van der Waals surface area contributed by atoms with Crippen molar-refractivity contribution < 1.29 is 14.6 Å². The number of methoxy groups -OCH3 is 1. The average molecular weight is 261 g/mol. The number of ether oxygens (including phenoxy) is 1. The first-order valence-electron chi connectivity index (χ1n) is 5.77. The Balaban J connectivity index is 2.13. The molecule has 19 heavy (non-hydrogen) atoms. The number of aromatic amines is 1. The number of benzene rings is 1. The minimum Gasteiger partial charge on any atom is -0.497 e.